The van der Waals surface area contributed by atoms with Crippen LogP contribution in [0.2, 0.25) is 0 Å². The number of unbranched alkanes of at least 4 members (excludes halogenated alkanes) is 1. The lowest BCUT2D eigenvalue weighted by Gasteiger charge is -2.32. The van der Waals surface area contributed by atoms with Crippen LogP contribution in [0.1, 0.15) is 36.1 Å². The van der Waals surface area contributed by atoms with E-state index in [2.05, 4.69) is 70.2 Å². The molecule has 0 unspecified atom stereocenters. The van der Waals surface area contributed by atoms with Crippen LogP contribution in [0, 0.1) is 19.8 Å². The maximum Gasteiger partial charge on any atom is 0.223 e. The molecule has 32 heavy (non-hydrogen) atoms. The maximum atomic E-state index is 12.7. The highest BCUT2D eigenvalue weighted by Gasteiger charge is 2.27. The van der Waals surface area contributed by atoms with Crippen LogP contribution in [0.3, 0.4) is 0 Å². The van der Waals surface area contributed by atoms with E-state index >= 15 is 0 Å². The van der Waals surface area contributed by atoms with Crippen molar-refractivity contribution < 1.29 is 4.79 Å². The molecule has 3 heterocycles. The van der Waals surface area contributed by atoms with Gasteiger partial charge in [0.1, 0.15) is 17.0 Å². The molecule has 2 aromatic heterocycles. The first-order valence-electron chi connectivity index (χ1n) is 11.5. The van der Waals surface area contributed by atoms with E-state index in [9.17, 15) is 4.79 Å². The van der Waals surface area contributed by atoms with Gasteiger partial charge in [-0.1, -0.05) is 18.2 Å². The van der Waals surface area contributed by atoms with Gasteiger partial charge in [0.05, 0.1) is 5.39 Å². The molecule has 0 atom stereocenters. The normalized spacial score (nSPS) is 14.7. The first-order valence-corrected chi connectivity index (χ1v) is 12.4. The van der Waals surface area contributed by atoms with Gasteiger partial charge >= 0.3 is 0 Å². The number of carbonyl (C=O) groups is 1. The molecule has 1 N–H and O–H groups in total. The second kappa shape index (κ2) is 10.3. The van der Waals surface area contributed by atoms with Crippen LogP contribution in [0.4, 0.5) is 11.5 Å². The third-order valence-electron chi connectivity index (χ3n) is 6.53. The second-order valence-electron chi connectivity index (χ2n) is 8.68. The molecule has 1 amide bonds. The number of aryl methyl sites for hydroxylation is 2. The summed E-state index contributed by atoms with van der Waals surface area (Å²) < 4.78 is 0. The van der Waals surface area contributed by atoms with Crippen molar-refractivity contribution in [1.29, 1.82) is 0 Å². The van der Waals surface area contributed by atoms with Crippen LogP contribution in [0.5, 0.6) is 0 Å². The van der Waals surface area contributed by atoms with E-state index < -0.39 is 0 Å². The number of carbonyl (C=O) groups excluding carboxylic acids is 1. The molecule has 0 radical (unpaired) electrons. The Morgan fingerprint density at radius 2 is 1.91 bits per heavy atom. The summed E-state index contributed by atoms with van der Waals surface area (Å²) in [7, 11) is 2.12. The van der Waals surface area contributed by atoms with Crippen LogP contribution < -0.4 is 15.1 Å². The molecule has 170 valence electrons. The smallest absolute Gasteiger partial charge is 0.223 e. The number of benzene rings is 1. The predicted molar refractivity (Wildman–Crippen MR) is 134 cm³/mol. The average molecular weight is 452 g/mol. The Hall–Kier alpha value is -2.67. The molecular weight excluding hydrogens is 418 g/mol. The van der Waals surface area contributed by atoms with Crippen molar-refractivity contribution >= 4 is 39.0 Å². The Morgan fingerprint density at radius 3 is 2.66 bits per heavy atom. The van der Waals surface area contributed by atoms with E-state index in [1.165, 1.54) is 21.5 Å². The van der Waals surface area contributed by atoms with Crippen LogP contribution in [-0.2, 0) is 4.79 Å². The summed E-state index contributed by atoms with van der Waals surface area (Å²) in [6.07, 6.45) is 5.47. The molecule has 0 bridgehead atoms. The number of piperidine rings is 1. The number of amides is 1. The molecule has 1 aromatic carbocycles. The highest BCUT2D eigenvalue weighted by atomic mass is 32.1. The Bertz CT molecular complexity index is 1040. The predicted octanol–water partition coefficient (Wildman–Crippen LogP) is 4.56. The molecule has 3 aromatic rings. The highest BCUT2D eigenvalue weighted by Crippen LogP contribution is 2.35. The van der Waals surface area contributed by atoms with Crippen molar-refractivity contribution in [2.75, 3.05) is 43.0 Å². The molecule has 1 fully saturated rings. The van der Waals surface area contributed by atoms with Crippen LogP contribution in [0.15, 0.2) is 36.7 Å². The number of hydrogen-bond donors (Lipinski definition) is 1. The van der Waals surface area contributed by atoms with Gasteiger partial charge in [-0.2, -0.15) is 0 Å². The number of nitrogens with zero attached hydrogens (tertiary/aromatic N) is 4. The summed E-state index contributed by atoms with van der Waals surface area (Å²) in [5.41, 5.74) is 2.51. The van der Waals surface area contributed by atoms with Crippen molar-refractivity contribution in [1.82, 2.24) is 15.3 Å². The third kappa shape index (κ3) is 5.04. The van der Waals surface area contributed by atoms with Crippen molar-refractivity contribution in [3.8, 4) is 0 Å². The molecule has 1 saturated heterocycles. The van der Waals surface area contributed by atoms with E-state index in [1.807, 2.05) is 6.07 Å². The van der Waals surface area contributed by atoms with Crippen LogP contribution in [-0.4, -0.2) is 49.1 Å². The summed E-state index contributed by atoms with van der Waals surface area (Å²) >= 11 is 1.73. The second-order valence-corrected chi connectivity index (χ2v) is 9.88. The van der Waals surface area contributed by atoms with Gasteiger partial charge in [0.25, 0.3) is 0 Å². The first kappa shape index (κ1) is 22.5. The minimum atomic E-state index is 0.0980. The maximum absolute atomic E-state index is 12.7. The Balaban J connectivity index is 1.21. The van der Waals surface area contributed by atoms with Crippen molar-refractivity contribution in [2.45, 2.75) is 39.5 Å². The largest absolute Gasteiger partial charge is 0.375 e. The Labute approximate surface area is 194 Å². The summed E-state index contributed by atoms with van der Waals surface area (Å²) in [5, 5.41) is 4.34. The van der Waals surface area contributed by atoms with Gasteiger partial charge in [-0.3, -0.25) is 4.79 Å². The molecule has 0 saturated carbocycles. The van der Waals surface area contributed by atoms with Gasteiger partial charge in [0.15, 0.2) is 0 Å². The molecule has 7 heteroatoms. The monoisotopic (exact) mass is 451 g/mol. The Kier molecular flexibility index (Phi) is 7.25. The molecule has 0 aliphatic carbocycles. The van der Waals surface area contributed by atoms with E-state index in [1.54, 1.807) is 17.7 Å². The summed E-state index contributed by atoms with van der Waals surface area (Å²) in [6, 6.07) is 10.4. The number of anilines is 2. The van der Waals surface area contributed by atoms with Crippen LogP contribution >= 0.6 is 11.3 Å². The van der Waals surface area contributed by atoms with E-state index in [0.717, 1.165) is 62.5 Å². The third-order valence-corrected chi connectivity index (χ3v) is 7.64. The highest BCUT2D eigenvalue weighted by molar-refractivity contribution is 7.18. The van der Waals surface area contributed by atoms with Crippen molar-refractivity contribution in [3.05, 3.63) is 47.1 Å². The standard InChI is InChI=1S/C25H33N5OS/c1-18-19(2)32-25-22(18)23(27-17-28-25)30-15-11-20(12-16-30)24(31)26-13-7-8-14-29(3)21-9-5-4-6-10-21/h4-6,9-10,17,20H,7-8,11-16H2,1-3H3,(H,26,31). The summed E-state index contributed by atoms with van der Waals surface area (Å²) in [6.45, 7) is 7.76. The SMILES string of the molecule is Cc1sc2ncnc(N3CCC(C(=O)NCCCCN(C)c4ccccc4)CC3)c2c1C. The number of thiophene rings is 1. The lowest BCUT2D eigenvalue weighted by Crippen LogP contribution is -2.41. The van der Waals surface area contributed by atoms with Gasteiger partial charge in [-0.25, -0.2) is 9.97 Å². The van der Waals surface area contributed by atoms with Gasteiger partial charge in [0.2, 0.25) is 5.91 Å². The zero-order chi connectivity index (χ0) is 22.5. The topological polar surface area (TPSA) is 61.4 Å². The van der Waals surface area contributed by atoms with Crippen molar-refractivity contribution in [3.63, 3.8) is 0 Å². The fraction of sp³-hybridized carbons (Fsp3) is 0.480. The van der Waals surface area contributed by atoms with Crippen LogP contribution in [0.25, 0.3) is 10.2 Å². The molecular formula is C25H33N5OS. The number of aromatic nitrogens is 2. The number of fused-ring (bicyclic) bond motifs is 1. The molecule has 4 rings (SSSR count). The molecule has 0 spiro atoms. The van der Waals surface area contributed by atoms with Gasteiger partial charge in [0, 0.05) is 49.7 Å². The first-order chi connectivity index (χ1) is 15.5. The lowest BCUT2D eigenvalue weighted by atomic mass is 9.95. The zero-order valence-electron chi connectivity index (χ0n) is 19.3. The molecule has 1 aliphatic heterocycles. The fourth-order valence-corrected chi connectivity index (χ4v) is 5.39. The minimum absolute atomic E-state index is 0.0980. The van der Waals surface area contributed by atoms with E-state index in [-0.39, 0.29) is 11.8 Å². The Morgan fingerprint density at radius 1 is 1.16 bits per heavy atom. The summed E-state index contributed by atoms with van der Waals surface area (Å²) in [4.78, 5) is 28.7. The van der Waals surface area contributed by atoms with Gasteiger partial charge < -0.3 is 15.1 Å². The summed E-state index contributed by atoms with van der Waals surface area (Å²) in [5.74, 6) is 1.33. The van der Waals surface area contributed by atoms with Gasteiger partial charge in [-0.05, 0) is 57.2 Å². The average Bonchev–Trinajstić information content (AvgIpc) is 3.12. The number of nitrogens with one attached hydrogen (secondary N) is 1. The van der Waals surface area contributed by atoms with Crippen molar-refractivity contribution in [2.24, 2.45) is 5.92 Å². The van der Waals surface area contributed by atoms with Gasteiger partial charge in [-0.15, -0.1) is 11.3 Å². The number of hydrogen-bond acceptors (Lipinski definition) is 6. The zero-order valence-corrected chi connectivity index (χ0v) is 20.1. The molecule has 1 aliphatic rings. The quantitative estimate of drug-likeness (QED) is 0.509. The number of rotatable bonds is 8. The van der Waals surface area contributed by atoms with E-state index in [0.29, 0.717) is 0 Å². The number of para-hydroxylation sites is 1. The molecule has 6 nitrogen and oxygen atoms in total. The fourth-order valence-electron chi connectivity index (χ4n) is 4.40. The minimum Gasteiger partial charge on any atom is -0.375 e. The van der Waals surface area contributed by atoms with E-state index in [4.69, 9.17) is 0 Å². The lowest BCUT2D eigenvalue weighted by molar-refractivity contribution is -0.125.